The molecule has 8 heteroatoms. The minimum atomic E-state index is 0. The van der Waals surface area contributed by atoms with Crippen LogP contribution in [0.2, 0.25) is 0 Å². The lowest BCUT2D eigenvalue weighted by Crippen LogP contribution is -2.10. The Labute approximate surface area is 130 Å². The van der Waals surface area contributed by atoms with E-state index in [1.165, 1.54) is 0 Å². The highest BCUT2D eigenvalue weighted by Crippen LogP contribution is 2.20. The van der Waals surface area contributed by atoms with E-state index in [1.54, 1.807) is 10.9 Å². The van der Waals surface area contributed by atoms with E-state index in [0.29, 0.717) is 5.95 Å². The molecule has 0 saturated heterocycles. The van der Waals surface area contributed by atoms with Crippen molar-refractivity contribution in [3.05, 3.63) is 6.20 Å². The maximum Gasteiger partial charge on any atom is 0.226 e. The smallest absolute Gasteiger partial charge is 0.226 e. The summed E-state index contributed by atoms with van der Waals surface area (Å²) in [5.74, 6) is 1.44. The van der Waals surface area contributed by atoms with Crippen LogP contribution in [0.25, 0.3) is 11.0 Å². The van der Waals surface area contributed by atoms with Crippen molar-refractivity contribution < 1.29 is 4.74 Å². The second kappa shape index (κ2) is 8.63. The summed E-state index contributed by atoms with van der Waals surface area (Å²) in [7, 11) is 1.88. The largest absolute Gasteiger partial charge is 0.382 e. The van der Waals surface area contributed by atoms with Gasteiger partial charge in [0.1, 0.15) is 5.82 Å². The second-order valence-corrected chi connectivity index (χ2v) is 4.41. The zero-order chi connectivity index (χ0) is 14.4. The quantitative estimate of drug-likeness (QED) is 0.726. The molecule has 0 bridgehead atoms. The summed E-state index contributed by atoms with van der Waals surface area (Å²) >= 11 is 0. The van der Waals surface area contributed by atoms with Crippen LogP contribution in [-0.4, -0.2) is 46.1 Å². The highest BCUT2D eigenvalue weighted by atomic mass is 35.5. The van der Waals surface area contributed by atoms with E-state index in [-0.39, 0.29) is 12.4 Å². The highest BCUT2D eigenvalue weighted by molar-refractivity contribution is 5.87. The molecule has 0 radical (unpaired) electrons. The fraction of sp³-hybridized carbons (Fsp3) is 0.615. The third-order valence-corrected chi connectivity index (χ3v) is 2.89. The Hall–Kier alpha value is -1.60. The van der Waals surface area contributed by atoms with Gasteiger partial charge in [-0.3, -0.25) is 4.68 Å². The summed E-state index contributed by atoms with van der Waals surface area (Å²) in [4.78, 5) is 8.99. The first-order valence-corrected chi connectivity index (χ1v) is 7.01. The van der Waals surface area contributed by atoms with Crippen molar-refractivity contribution >= 4 is 35.2 Å². The molecule has 0 aliphatic heterocycles. The van der Waals surface area contributed by atoms with Crippen LogP contribution in [0, 0.1) is 0 Å². The van der Waals surface area contributed by atoms with Gasteiger partial charge in [0, 0.05) is 33.4 Å². The summed E-state index contributed by atoms with van der Waals surface area (Å²) in [6.45, 7) is 7.13. The van der Waals surface area contributed by atoms with Crippen LogP contribution >= 0.6 is 12.4 Å². The number of ether oxygens (including phenoxy) is 1. The third-order valence-electron chi connectivity index (χ3n) is 2.89. The third kappa shape index (κ3) is 4.44. The van der Waals surface area contributed by atoms with E-state index in [0.717, 1.165) is 49.6 Å². The van der Waals surface area contributed by atoms with Gasteiger partial charge in [0.25, 0.3) is 0 Å². The van der Waals surface area contributed by atoms with Crippen molar-refractivity contribution in [1.29, 1.82) is 0 Å². The van der Waals surface area contributed by atoms with Gasteiger partial charge in [-0.2, -0.15) is 15.1 Å². The summed E-state index contributed by atoms with van der Waals surface area (Å²) in [6, 6.07) is 0. The number of hydrogen-bond acceptors (Lipinski definition) is 6. The Morgan fingerprint density at radius 2 is 2.05 bits per heavy atom. The number of fused-ring (bicyclic) bond motifs is 1. The molecule has 0 saturated carbocycles. The van der Waals surface area contributed by atoms with Gasteiger partial charge in [-0.1, -0.05) is 0 Å². The molecular weight excluding hydrogens is 292 g/mol. The summed E-state index contributed by atoms with van der Waals surface area (Å²) in [6.07, 6.45) is 2.71. The van der Waals surface area contributed by atoms with Gasteiger partial charge in [0.15, 0.2) is 5.65 Å². The van der Waals surface area contributed by atoms with Crippen LogP contribution < -0.4 is 10.6 Å². The number of aromatic nitrogens is 4. The van der Waals surface area contributed by atoms with Gasteiger partial charge in [-0.05, 0) is 20.3 Å². The number of rotatable bonds is 8. The van der Waals surface area contributed by atoms with Gasteiger partial charge in [-0.25, -0.2) is 0 Å². The normalized spacial score (nSPS) is 10.4. The molecule has 118 valence electrons. The molecule has 0 aliphatic carbocycles. The van der Waals surface area contributed by atoms with Gasteiger partial charge in [0.2, 0.25) is 5.95 Å². The van der Waals surface area contributed by atoms with Crippen LogP contribution in [0.3, 0.4) is 0 Å². The Kier molecular flexibility index (Phi) is 7.18. The van der Waals surface area contributed by atoms with E-state index in [2.05, 4.69) is 25.7 Å². The van der Waals surface area contributed by atoms with Crippen molar-refractivity contribution in [2.24, 2.45) is 7.05 Å². The fourth-order valence-electron chi connectivity index (χ4n) is 1.92. The zero-order valence-corrected chi connectivity index (χ0v) is 13.5. The van der Waals surface area contributed by atoms with E-state index in [9.17, 15) is 0 Å². The van der Waals surface area contributed by atoms with Crippen LogP contribution in [0.5, 0.6) is 0 Å². The number of aryl methyl sites for hydroxylation is 1. The molecule has 7 nitrogen and oxygen atoms in total. The lowest BCUT2D eigenvalue weighted by Gasteiger charge is -2.09. The molecule has 0 amide bonds. The number of halogens is 1. The molecule has 2 heterocycles. The van der Waals surface area contributed by atoms with Crippen molar-refractivity contribution in [2.75, 3.05) is 36.9 Å². The molecule has 2 aromatic heterocycles. The first-order chi connectivity index (χ1) is 9.76. The molecule has 0 fully saturated rings. The number of anilines is 2. The minimum absolute atomic E-state index is 0. The molecular formula is C13H23ClN6O. The average Bonchev–Trinajstić information content (AvgIpc) is 2.81. The van der Waals surface area contributed by atoms with Crippen LogP contribution in [-0.2, 0) is 11.8 Å². The Balaban J connectivity index is 0.00000220. The maximum atomic E-state index is 5.30. The van der Waals surface area contributed by atoms with Gasteiger partial charge in [0.05, 0.1) is 11.6 Å². The summed E-state index contributed by atoms with van der Waals surface area (Å²) < 4.78 is 7.06. The van der Waals surface area contributed by atoms with Crippen LogP contribution in [0.15, 0.2) is 6.20 Å². The molecule has 0 unspecified atom stereocenters. The van der Waals surface area contributed by atoms with Crippen molar-refractivity contribution in [3.63, 3.8) is 0 Å². The lowest BCUT2D eigenvalue weighted by molar-refractivity contribution is 0.147. The average molecular weight is 315 g/mol. The van der Waals surface area contributed by atoms with Crippen LogP contribution in [0.1, 0.15) is 20.3 Å². The van der Waals surface area contributed by atoms with Crippen molar-refractivity contribution in [2.45, 2.75) is 20.3 Å². The predicted molar refractivity (Wildman–Crippen MR) is 87.3 cm³/mol. The molecule has 2 N–H and O–H groups in total. The number of hydrogen-bond donors (Lipinski definition) is 2. The molecule has 2 aromatic rings. The summed E-state index contributed by atoms with van der Waals surface area (Å²) in [5, 5.41) is 11.6. The molecule has 2 rings (SSSR count). The highest BCUT2D eigenvalue weighted by Gasteiger charge is 2.10. The Morgan fingerprint density at radius 3 is 2.76 bits per heavy atom. The first-order valence-electron chi connectivity index (χ1n) is 7.01. The maximum absolute atomic E-state index is 5.30. The lowest BCUT2D eigenvalue weighted by atomic mass is 10.4. The van der Waals surface area contributed by atoms with Gasteiger partial charge < -0.3 is 15.4 Å². The SMILES string of the molecule is CCNc1nc(NCCCOCC)nc2c1cnn2C.Cl. The second-order valence-electron chi connectivity index (χ2n) is 4.41. The fourth-order valence-corrected chi connectivity index (χ4v) is 1.92. The van der Waals surface area contributed by atoms with Crippen molar-refractivity contribution in [3.8, 4) is 0 Å². The molecule has 0 spiro atoms. The molecule has 0 aromatic carbocycles. The van der Waals surface area contributed by atoms with E-state index < -0.39 is 0 Å². The first kappa shape index (κ1) is 17.5. The van der Waals surface area contributed by atoms with Crippen molar-refractivity contribution in [1.82, 2.24) is 19.7 Å². The molecule has 0 atom stereocenters. The topological polar surface area (TPSA) is 76.9 Å². The Morgan fingerprint density at radius 1 is 1.24 bits per heavy atom. The van der Waals surface area contributed by atoms with E-state index in [4.69, 9.17) is 4.74 Å². The number of nitrogens with zero attached hydrogens (tertiary/aromatic N) is 4. The zero-order valence-electron chi connectivity index (χ0n) is 12.7. The predicted octanol–water partition coefficient (Wildman–Crippen LogP) is 2.06. The standard InChI is InChI=1S/C13H22N6O.ClH/c1-4-14-11-10-9-16-19(3)12(10)18-13(17-11)15-7-6-8-20-5-2;/h9H,4-8H2,1-3H3,(H2,14,15,17,18);1H. The van der Waals surface area contributed by atoms with Crippen LogP contribution in [0.4, 0.5) is 11.8 Å². The van der Waals surface area contributed by atoms with E-state index in [1.807, 2.05) is 20.9 Å². The monoisotopic (exact) mass is 314 g/mol. The summed E-state index contributed by atoms with van der Waals surface area (Å²) in [5.41, 5.74) is 0.822. The van der Waals surface area contributed by atoms with Gasteiger partial charge in [-0.15, -0.1) is 12.4 Å². The molecule has 21 heavy (non-hydrogen) atoms. The number of nitrogens with one attached hydrogen (secondary N) is 2. The van der Waals surface area contributed by atoms with Gasteiger partial charge >= 0.3 is 0 Å². The Bertz CT molecular complexity index is 559. The molecule has 0 aliphatic rings. The minimum Gasteiger partial charge on any atom is -0.382 e. The van der Waals surface area contributed by atoms with E-state index >= 15 is 0 Å².